The van der Waals surface area contributed by atoms with Gasteiger partial charge in [-0.05, 0) is 17.7 Å². The normalized spacial score (nSPS) is 10.9. The molecule has 2 N–H and O–H groups in total. The smallest absolute Gasteiger partial charge is 0.278 e. The lowest BCUT2D eigenvalue weighted by Gasteiger charge is -2.08. The van der Waals surface area contributed by atoms with Crippen molar-refractivity contribution in [3.8, 4) is 5.75 Å². The van der Waals surface area contributed by atoms with Crippen LogP contribution in [0.15, 0.2) is 29.2 Å². The van der Waals surface area contributed by atoms with Crippen molar-refractivity contribution in [1.82, 2.24) is 19.7 Å². The van der Waals surface area contributed by atoms with E-state index in [2.05, 4.69) is 20.4 Å². The number of aromatic nitrogens is 4. The average molecular weight is 320 g/mol. The first-order chi connectivity index (χ1) is 10.6. The number of aromatic amines is 1. The van der Waals surface area contributed by atoms with Gasteiger partial charge in [0, 0.05) is 13.6 Å². The van der Waals surface area contributed by atoms with Crippen LogP contribution in [0.3, 0.4) is 0 Å². The van der Waals surface area contributed by atoms with Crippen LogP contribution in [0, 0.1) is 0 Å². The summed E-state index contributed by atoms with van der Waals surface area (Å²) in [4.78, 5) is 19.0. The van der Waals surface area contributed by atoms with E-state index in [9.17, 15) is 4.79 Å². The molecule has 2 heterocycles. The van der Waals surface area contributed by atoms with Crippen molar-refractivity contribution < 1.29 is 4.74 Å². The van der Waals surface area contributed by atoms with E-state index in [1.165, 1.54) is 4.68 Å². The lowest BCUT2D eigenvalue weighted by atomic mass is 10.2. The van der Waals surface area contributed by atoms with Crippen LogP contribution in [-0.2, 0) is 13.6 Å². The Morgan fingerprint density at radius 3 is 3.05 bits per heavy atom. The molecule has 0 aliphatic heterocycles. The first kappa shape index (κ1) is 14.4. The third-order valence-electron chi connectivity index (χ3n) is 3.27. The van der Waals surface area contributed by atoms with Crippen LogP contribution in [0.1, 0.15) is 5.56 Å². The van der Waals surface area contributed by atoms with Crippen LogP contribution in [0.25, 0.3) is 11.0 Å². The minimum atomic E-state index is -0.235. The van der Waals surface area contributed by atoms with Crippen LogP contribution < -0.4 is 15.6 Å². The Bertz CT molecular complexity index is 887. The second kappa shape index (κ2) is 5.69. The van der Waals surface area contributed by atoms with Crippen molar-refractivity contribution in [1.29, 1.82) is 0 Å². The number of rotatable bonds is 4. The summed E-state index contributed by atoms with van der Waals surface area (Å²) >= 11 is 5.99. The number of methoxy groups -OCH3 is 1. The summed E-state index contributed by atoms with van der Waals surface area (Å²) in [6.45, 7) is 0.474. The first-order valence-electron chi connectivity index (χ1n) is 6.57. The second-order valence-corrected chi connectivity index (χ2v) is 5.15. The molecule has 3 rings (SSSR count). The van der Waals surface area contributed by atoms with Gasteiger partial charge in [0.1, 0.15) is 11.3 Å². The summed E-state index contributed by atoms with van der Waals surface area (Å²) in [5.74, 6) is 0.990. The fourth-order valence-corrected chi connectivity index (χ4v) is 2.36. The molecular weight excluding hydrogens is 306 g/mol. The van der Waals surface area contributed by atoms with Crippen molar-refractivity contribution in [2.45, 2.75) is 6.54 Å². The lowest BCUT2D eigenvalue weighted by Crippen LogP contribution is -2.15. The van der Waals surface area contributed by atoms with Crippen LogP contribution >= 0.6 is 11.6 Å². The summed E-state index contributed by atoms with van der Waals surface area (Å²) in [6, 6.07) is 5.46. The van der Waals surface area contributed by atoms with Crippen molar-refractivity contribution in [3.05, 3.63) is 45.3 Å². The molecule has 0 bridgehead atoms. The maximum atomic E-state index is 12.0. The third-order valence-corrected chi connectivity index (χ3v) is 3.59. The van der Waals surface area contributed by atoms with E-state index in [-0.39, 0.29) is 5.56 Å². The predicted octanol–water partition coefficient (Wildman–Crippen LogP) is 1.93. The number of fused-ring (bicyclic) bond motifs is 1. The summed E-state index contributed by atoms with van der Waals surface area (Å²) < 4.78 is 6.67. The van der Waals surface area contributed by atoms with Gasteiger partial charge in [-0.1, -0.05) is 17.7 Å². The number of hydrogen-bond acceptors (Lipinski definition) is 5. The number of anilines is 1. The number of benzene rings is 1. The Kier molecular flexibility index (Phi) is 3.72. The van der Waals surface area contributed by atoms with Crippen LogP contribution in [0.5, 0.6) is 5.75 Å². The molecule has 1 aromatic carbocycles. The number of ether oxygens (including phenoxy) is 1. The zero-order valence-electron chi connectivity index (χ0n) is 12.1. The van der Waals surface area contributed by atoms with Gasteiger partial charge < -0.3 is 10.1 Å². The maximum Gasteiger partial charge on any atom is 0.278 e. The molecule has 0 amide bonds. The quantitative estimate of drug-likeness (QED) is 0.767. The zero-order chi connectivity index (χ0) is 15.7. The van der Waals surface area contributed by atoms with Gasteiger partial charge in [0.25, 0.3) is 5.56 Å². The molecule has 114 valence electrons. The monoisotopic (exact) mass is 319 g/mol. The molecule has 0 unspecified atom stereocenters. The summed E-state index contributed by atoms with van der Waals surface area (Å²) in [5, 5.41) is 7.65. The highest BCUT2D eigenvalue weighted by Gasteiger charge is 2.08. The topological polar surface area (TPSA) is 84.8 Å². The number of nitrogens with zero attached hydrogens (tertiary/aromatic N) is 3. The molecule has 0 aliphatic rings. The van der Waals surface area contributed by atoms with Gasteiger partial charge in [-0.3, -0.25) is 14.5 Å². The van der Waals surface area contributed by atoms with E-state index in [0.717, 1.165) is 5.56 Å². The molecule has 8 heteroatoms. The van der Waals surface area contributed by atoms with Gasteiger partial charge in [0.05, 0.1) is 18.3 Å². The van der Waals surface area contributed by atoms with Gasteiger partial charge in [0.15, 0.2) is 5.52 Å². The van der Waals surface area contributed by atoms with Gasteiger partial charge in [-0.2, -0.15) is 5.10 Å². The Balaban J connectivity index is 1.83. The van der Waals surface area contributed by atoms with Crippen LogP contribution in [-0.4, -0.2) is 26.9 Å². The third kappa shape index (κ3) is 2.62. The van der Waals surface area contributed by atoms with E-state index >= 15 is 0 Å². The van der Waals surface area contributed by atoms with Gasteiger partial charge >= 0.3 is 0 Å². The minimum absolute atomic E-state index is 0.235. The van der Waals surface area contributed by atoms with E-state index in [4.69, 9.17) is 16.3 Å². The number of nitrogens with one attached hydrogen (secondary N) is 2. The largest absolute Gasteiger partial charge is 0.495 e. The number of hydrogen-bond donors (Lipinski definition) is 2. The summed E-state index contributed by atoms with van der Waals surface area (Å²) in [6.07, 6.45) is 1.56. The zero-order valence-corrected chi connectivity index (χ0v) is 12.8. The number of aryl methyl sites for hydroxylation is 1. The summed E-state index contributed by atoms with van der Waals surface area (Å²) in [5.41, 5.74) is 1.71. The molecule has 0 aliphatic carbocycles. The molecule has 0 spiro atoms. The fraction of sp³-hybridized carbons (Fsp3) is 0.214. The Labute approximate surface area is 130 Å². The molecule has 2 aromatic heterocycles. The number of H-pyrrole nitrogens is 1. The highest BCUT2D eigenvalue weighted by molar-refractivity contribution is 6.32. The van der Waals surface area contributed by atoms with E-state index < -0.39 is 0 Å². The molecule has 22 heavy (non-hydrogen) atoms. The van der Waals surface area contributed by atoms with Gasteiger partial charge in [-0.25, -0.2) is 4.98 Å². The fourth-order valence-electron chi connectivity index (χ4n) is 2.17. The molecule has 0 atom stereocenters. The molecule has 0 saturated heterocycles. The minimum Gasteiger partial charge on any atom is -0.495 e. The van der Waals surface area contributed by atoms with E-state index in [1.54, 1.807) is 26.4 Å². The van der Waals surface area contributed by atoms with Gasteiger partial charge in [-0.15, -0.1) is 0 Å². The van der Waals surface area contributed by atoms with Crippen LogP contribution in [0.4, 0.5) is 5.95 Å². The molecule has 0 saturated carbocycles. The summed E-state index contributed by atoms with van der Waals surface area (Å²) in [7, 11) is 3.26. The standard InChI is InChI=1S/C14H14ClN5O2/c1-20-12-10(7-17-20)18-14(19-13(12)21)16-6-8-3-4-9(15)11(5-8)22-2/h3-5,7H,6H2,1-2H3,(H2,16,18,19,21). The Morgan fingerprint density at radius 1 is 1.45 bits per heavy atom. The Morgan fingerprint density at radius 2 is 2.27 bits per heavy atom. The van der Waals surface area contributed by atoms with Crippen molar-refractivity contribution in [2.75, 3.05) is 12.4 Å². The molecule has 0 fully saturated rings. The molecule has 7 nitrogen and oxygen atoms in total. The molecular formula is C14H14ClN5O2. The average Bonchev–Trinajstić information content (AvgIpc) is 2.88. The first-order valence-corrected chi connectivity index (χ1v) is 6.94. The highest BCUT2D eigenvalue weighted by Crippen LogP contribution is 2.25. The van der Waals surface area contributed by atoms with Crippen molar-refractivity contribution in [2.24, 2.45) is 7.05 Å². The Hall–Kier alpha value is -2.54. The SMILES string of the molecule is COc1cc(CNc2nc3cnn(C)c3c(=O)[nH]2)ccc1Cl. The van der Waals surface area contributed by atoms with E-state index in [1.807, 2.05) is 12.1 Å². The lowest BCUT2D eigenvalue weighted by molar-refractivity contribution is 0.414. The maximum absolute atomic E-state index is 12.0. The number of halogens is 1. The highest BCUT2D eigenvalue weighted by atomic mass is 35.5. The van der Waals surface area contributed by atoms with Crippen molar-refractivity contribution in [3.63, 3.8) is 0 Å². The van der Waals surface area contributed by atoms with E-state index in [0.29, 0.717) is 34.3 Å². The second-order valence-electron chi connectivity index (χ2n) is 4.74. The van der Waals surface area contributed by atoms with Crippen molar-refractivity contribution >= 4 is 28.6 Å². The van der Waals surface area contributed by atoms with Gasteiger partial charge in [0.2, 0.25) is 5.95 Å². The van der Waals surface area contributed by atoms with Crippen LogP contribution in [0.2, 0.25) is 5.02 Å². The predicted molar refractivity (Wildman–Crippen MR) is 84.5 cm³/mol. The molecule has 3 aromatic rings. The molecule has 0 radical (unpaired) electrons.